The van der Waals surface area contributed by atoms with Crippen molar-refractivity contribution in [3.05, 3.63) is 57.9 Å². The van der Waals surface area contributed by atoms with E-state index in [4.69, 9.17) is 5.26 Å². The maximum absolute atomic E-state index is 12.0. The molecule has 1 amide bonds. The molecule has 2 rings (SSSR count). The lowest BCUT2D eigenvalue weighted by atomic mass is 10.2. The van der Waals surface area contributed by atoms with E-state index in [-0.39, 0.29) is 16.9 Å². The molecule has 1 aromatic carbocycles. The van der Waals surface area contributed by atoms with E-state index in [1.165, 1.54) is 30.5 Å². The van der Waals surface area contributed by atoms with Crippen LogP contribution in [0.4, 0.5) is 11.4 Å². The summed E-state index contributed by atoms with van der Waals surface area (Å²) in [6.07, 6.45) is 1.20. The van der Waals surface area contributed by atoms with Crippen molar-refractivity contribution in [3.63, 3.8) is 0 Å². The van der Waals surface area contributed by atoms with Crippen molar-refractivity contribution in [2.75, 3.05) is 5.32 Å². The quantitative estimate of drug-likeness (QED) is 0.502. The van der Waals surface area contributed by atoms with Crippen LogP contribution in [0.1, 0.15) is 16.1 Å². The first-order valence-corrected chi connectivity index (χ1v) is 5.67. The van der Waals surface area contributed by atoms with Gasteiger partial charge in [0, 0.05) is 12.3 Å². The molecule has 0 saturated heterocycles. The number of rotatable bonds is 3. The van der Waals surface area contributed by atoms with Crippen molar-refractivity contribution in [2.24, 2.45) is 0 Å². The summed E-state index contributed by atoms with van der Waals surface area (Å²) in [5.41, 5.74) is -0.498. The number of phenolic OH excluding ortho intramolecular Hbond substituents is 1. The normalized spacial score (nSPS) is 9.67. The standard InChI is InChI=1S/C13H8N4O4/c14-6-8-4-5-9(15-7-8)13(19)16-12-10(17(20)21)2-1-3-11(12)18/h1-5,7,18H,(H,16,19). The Hall–Kier alpha value is -3.47. The van der Waals surface area contributed by atoms with Crippen molar-refractivity contribution in [1.29, 1.82) is 5.26 Å². The molecule has 2 N–H and O–H groups in total. The molecule has 0 aliphatic rings. The lowest BCUT2D eigenvalue weighted by Gasteiger charge is -2.07. The summed E-state index contributed by atoms with van der Waals surface area (Å²) in [6, 6.07) is 8.21. The molecular weight excluding hydrogens is 276 g/mol. The fourth-order valence-electron chi connectivity index (χ4n) is 1.58. The lowest BCUT2D eigenvalue weighted by molar-refractivity contribution is -0.384. The molecule has 21 heavy (non-hydrogen) atoms. The van der Waals surface area contributed by atoms with Crippen LogP contribution in [0, 0.1) is 21.4 Å². The van der Waals surface area contributed by atoms with E-state index in [0.717, 1.165) is 6.07 Å². The number of carbonyl (C=O) groups excluding carboxylic acids is 1. The van der Waals surface area contributed by atoms with Crippen LogP contribution in [0.25, 0.3) is 0 Å². The average Bonchev–Trinajstić information content (AvgIpc) is 2.49. The van der Waals surface area contributed by atoms with Gasteiger partial charge >= 0.3 is 0 Å². The number of phenols is 1. The summed E-state index contributed by atoms with van der Waals surface area (Å²) in [5.74, 6) is -1.16. The second-order valence-corrected chi connectivity index (χ2v) is 3.93. The second kappa shape index (κ2) is 5.66. The van der Waals surface area contributed by atoms with Crippen LogP contribution in [0.5, 0.6) is 5.75 Å². The van der Waals surface area contributed by atoms with Gasteiger partial charge in [0.2, 0.25) is 0 Å². The number of nitro groups is 1. The molecule has 0 fully saturated rings. The molecule has 0 atom stereocenters. The second-order valence-electron chi connectivity index (χ2n) is 3.93. The van der Waals surface area contributed by atoms with Gasteiger partial charge in [0.15, 0.2) is 5.69 Å². The van der Waals surface area contributed by atoms with Crippen LogP contribution in [0.15, 0.2) is 36.5 Å². The Bertz CT molecular complexity index is 750. The Morgan fingerprint density at radius 1 is 1.38 bits per heavy atom. The number of nitrogens with one attached hydrogen (secondary N) is 1. The number of hydrogen-bond acceptors (Lipinski definition) is 6. The number of nitriles is 1. The molecule has 0 bridgehead atoms. The van der Waals surface area contributed by atoms with Gasteiger partial charge in [-0.15, -0.1) is 0 Å². The Morgan fingerprint density at radius 3 is 2.71 bits per heavy atom. The van der Waals surface area contributed by atoms with Gasteiger partial charge in [0.25, 0.3) is 11.6 Å². The Kier molecular flexibility index (Phi) is 3.76. The van der Waals surface area contributed by atoms with E-state index in [2.05, 4.69) is 10.3 Å². The summed E-state index contributed by atoms with van der Waals surface area (Å²) in [5, 5.41) is 31.4. The van der Waals surface area contributed by atoms with Crippen molar-refractivity contribution < 1.29 is 14.8 Å². The molecule has 0 saturated carbocycles. The molecule has 0 spiro atoms. The molecule has 0 aliphatic heterocycles. The van der Waals surface area contributed by atoms with Gasteiger partial charge < -0.3 is 10.4 Å². The summed E-state index contributed by atoms with van der Waals surface area (Å²) in [6.45, 7) is 0. The number of carbonyl (C=O) groups is 1. The molecule has 0 aliphatic carbocycles. The van der Waals surface area contributed by atoms with E-state index in [9.17, 15) is 20.0 Å². The first-order chi connectivity index (χ1) is 10.0. The minimum atomic E-state index is -0.732. The number of benzene rings is 1. The summed E-state index contributed by atoms with van der Waals surface area (Å²) in [4.78, 5) is 25.9. The van der Waals surface area contributed by atoms with E-state index < -0.39 is 22.3 Å². The van der Waals surface area contributed by atoms with Crippen LogP contribution in [0.3, 0.4) is 0 Å². The number of para-hydroxylation sites is 1. The zero-order chi connectivity index (χ0) is 15.4. The van der Waals surface area contributed by atoms with Crippen LogP contribution in [-0.4, -0.2) is 20.9 Å². The molecule has 104 valence electrons. The number of aromatic nitrogens is 1. The van der Waals surface area contributed by atoms with E-state index in [1.54, 1.807) is 0 Å². The largest absolute Gasteiger partial charge is 0.505 e. The number of hydrogen-bond donors (Lipinski definition) is 2. The predicted molar refractivity (Wildman–Crippen MR) is 71.7 cm³/mol. The zero-order valence-corrected chi connectivity index (χ0v) is 10.5. The van der Waals surface area contributed by atoms with Crippen molar-refractivity contribution in [2.45, 2.75) is 0 Å². The fourth-order valence-corrected chi connectivity index (χ4v) is 1.58. The monoisotopic (exact) mass is 284 g/mol. The first kappa shape index (κ1) is 14.0. The highest BCUT2D eigenvalue weighted by Crippen LogP contribution is 2.33. The van der Waals surface area contributed by atoms with Crippen molar-refractivity contribution in [1.82, 2.24) is 4.98 Å². The van der Waals surface area contributed by atoms with Crippen LogP contribution >= 0.6 is 0 Å². The summed E-state index contributed by atoms with van der Waals surface area (Å²) < 4.78 is 0. The van der Waals surface area contributed by atoms with Gasteiger partial charge in [-0.25, -0.2) is 4.98 Å². The number of nitrogens with zero attached hydrogens (tertiary/aromatic N) is 3. The number of nitro benzene ring substituents is 1. The van der Waals surface area contributed by atoms with Crippen LogP contribution in [0.2, 0.25) is 0 Å². The van der Waals surface area contributed by atoms with Gasteiger partial charge in [-0.2, -0.15) is 5.26 Å². The molecule has 0 unspecified atom stereocenters. The number of pyridine rings is 1. The minimum Gasteiger partial charge on any atom is -0.505 e. The van der Waals surface area contributed by atoms with Crippen molar-refractivity contribution in [3.8, 4) is 11.8 Å². The molecule has 0 radical (unpaired) electrons. The average molecular weight is 284 g/mol. The predicted octanol–water partition coefficient (Wildman–Crippen LogP) is 1.82. The fraction of sp³-hybridized carbons (Fsp3) is 0. The number of amides is 1. The van der Waals surface area contributed by atoms with E-state index in [1.807, 2.05) is 6.07 Å². The molecule has 1 heterocycles. The molecule has 8 nitrogen and oxygen atoms in total. The maximum Gasteiger partial charge on any atom is 0.296 e. The number of anilines is 1. The van der Waals surface area contributed by atoms with Gasteiger partial charge in [0.1, 0.15) is 17.5 Å². The van der Waals surface area contributed by atoms with Gasteiger partial charge in [0.05, 0.1) is 10.5 Å². The lowest BCUT2D eigenvalue weighted by Crippen LogP contribution is -2.14. The van der Waals surface area contributed by atoms with Crippen LogP contribution < -0.4 is 5.32 Å². The Labute approximate surface area is 118 Å². The third-order valence-electron chi connectivity index (χ3n) is 2.58. The SMILES string of the molecule is N#Cc1ccc(C(=O)Nc2c(O)cccc2[N+](=O)[O-])nc1. The molecule has 2 aromatic rings. The molecular formula is C13H8N4O4. The Balaban J connectivity index is 2.31. The van der Waals surface area contributed by atoms with Gasteiger partial charge in [-0.1, -0.05) is 6.07 Å². The van der Waals surface area contributed by atoms with Gasteiger partial charge in [-0.3, -0.25) is 14.9 Å². The highest BCUT2D eigenvalue weighted by Gasteiger charge is 2.20. The third kappa shape index (κ3) is 2.93. The topological polar surface area (TPSA) is 129 Å². The van der Waals surface area contributed by atoms with Crippen molar-refractivity contribution >= 4 is 17.3 Å². The van der Waals surface area contributed by atoms with E-state index in [0.29, 0.717) is 0 Å². The highest BCUT2D eigenvalue weighted by atomic mass is 16.6. The Morgan fingerprint density at radius 2 is 2.14 bits per heavy atom. The van der Waals surface area contributed by atoms with E-state index >= 15 is 0 Å². The minimum absolute atomic E-state index is 0.0356. The first-order valence-electron chi connectivity index (χ1n) is 5.67. The summed E-state index contributed by atoms with van der Waals surface area (Å²) in [7, 11) is 0. The maximum atomic E-state index is 12.0. The molecule has 8 heteroatoms. The van der Waals surface area contributed by atoms with Gasteiger partial charge in [-0.05, 0) is 18.2 Å². The summed E-state index contributed by atoms with van der Waals surface area (Å²) >= 11 is 0. The van der Waals surface area contributed by atoms with Crippen LogP contribution in [-0.2, 0) is 0 Å². The zero-order valence-electron chi connectivity index (χ0n) is 10.5. The third-order valence-corrected chi connectivity index (χ3v) is 2.58. The highest BCUT2D eigenvalue weighted by molar-refractivity contribution is 6.05. The molecule has 1 aromatic heterocycles. The smallest absolute Gasteiger partial charge is 0.296 e. The number of aromatic hydroxyl groups is 1.